The van der Waals surface area contributed by atoms with Gasteiger partial charge >= 0.3 is 12.1 Å². The number of ether oxygens (including phenoxy) is 2. The minimum atomic E-state index is -0.536. The molecule has 9 nitrogen and oxygen atoms in total. The van der Waals surface area contributed by atoms with Gasteiger partial charge in [0, 0.05) is 31.9 Å². The van der Waals surface area contributed by atoms with Crippen LogP contribution in [0.1, 0.15) is 64.2 Å². The molecule has 0 spiro atoms. The number of amides is 1. The van der Waals surface area contributed by atoms with Crippen molar-refractivity contribution in [2.75, 3.05) is 36.9 Å². The number of carbonyl (C=O) groups is 2. The van der Waals surface area contributed by atoms with Gasteiger partial charge in [-0.3, -0.25) is 0 Å². The second kappa shape index (κ2) is 10.3. The number of hydrogen-bond acceptors (Lipinski definition) is 8. The van der Waals surface area contributed by atoms with Gasteiger partial charge in [-0.15, -0.1) is 0 Å². The summed E-state index contributed by atoms with van der Waals surface area (Å²) in [6.07, 6.45) is 3.92. The number of esters is 1. The van der Waals surface area contributed by atoms with Gasteiger partial charge in [0.15, 0.2) is 0 Å². The molecule has 1 aromatic rings. The molecule has 1 atom stereocenters. The summed E-state index contributed by atoms with van der Waals surface area (Å²) in [6.45, 7) is 11.5. The lowest BCUT2D eigenvalue weighted by atomic mass is 10.2. The highest BCUT2D eigenvalue weighted by Gasteiger charge is 2.31. The van der Waals surface area contributed by atoms with Crippen LogP contribution in [0.15, 0.2) is 6.20 Å². The molecule has 0 saturated carbocycles. The minimum Gasteiger partial charge on any atom is -0.462 e. The number of nitrogens with one attached hydrogen (secondary N) is 2. The van der Waals surface area contributed by atoms with E-state index >= 15 is 0 Å². The zero-order chi connectivity index (χ0) is 21.4. The maximum Gasteiger partial charge on any atom is 0.410 e. The van der Waals surface area contributed by atoms with Gasteiger partial charge in [-0.1, -0.05) is 13.3 Å². The molecule has 1 saturated heterocycles. The first-order valence-electron chi connectivity index (χ1n) is 10.3. The topological polar surface area (TPSA) is 106 Å². The van der Waals surface area contributed by atoms with Crippen molar-refractivity contribution < 1.29 is 19.1 Å². The van der Waals surface area contributed by atoms with Crippen LogP contribution in [0.5, 0.6) is 0 Å². The number of aromatic nitrogens is 2. The van der Waals surface area contributed by atoms with Crippen LogP contribution in [-0.4, -0.2) is 64.8 Å². The molecule has 1 aromatic heterocycles. The minimum absolute atomic E-state index is 0.0471. The average molecular weight is 408 g/mol. The standard InChI is InChI=1S/C20H33N5O4/c1-6-8-10-21-18-22-12-15(17(26)28-7-2)16(24-18)23-14-9-11-25(13-14)19(27)29-20(3,4)5/h12,14H,6-11,13H2,1-5H3,(H2,21,22,23,24)/t14-/m0/s1. The SMILES string of the molecule is CCCCNc1ncc(C(=O)OCC)c(N[C@H]2CCN(C(=O)OC(C)(C)C)C2)n1. The number of carbonyl (C=O) groups excluding carboxylic acids is 2. The largest absolute Gasteiger partial charge is 0.462 e. The molecular weight excluding hydrogens is 374 g/mol. The van der Waals surface area contributed by atoms with E-state index in [9.17, 15) is 9.59 Å². The molecular formula is C20H33N5O4. The van der Waals surface area contributed by atoms with E-state index < -0.39 is 11.6 Å². The third-order valence-electron chi connectivity index (χ3n) is 4.28. The van der Waals surface area contributed by atoms with Crippen LogP contribution in [0, 0.1) is 0 Å². The van der Waals surface area contributed by atoms with Gasteiger partial charge in [-0.2, -0.15) is 4.98 Å². The summed E-state index contributed by atoms with van der Waals surface area (Å²) in [5.41, 5.74) is -0.255. The van der Waals surface area contributed by atoms with Crippen LogP contribution in [0.2, 0.25) is 0 Å². The Morgan fingerprint density at radius 2 is 2.07 bits per heavy atom. The Bertz CT molecular complexity index is 705. The highest BCUT2D eigenvalue weighted by atomic mass is 16.6. The van der Waals surface area contributed by atoms with Gasteiger partial charge in [0.25, 0.3) is 0 Å². The van der Waals surface area contributed by atoms with Crippen LogP contribution in [-0.2, 0) is 9.47 Å². The van der Waals surface area contributed by atoms with Gasteiger partial charge in [0.1, 0.15) is 17.0 Å². The Kier molecular flexibility index (Phi) is 8.04. The molecule has 1 fully saturated rings. The summed E-state index contributed by atoms with van der Waals surface area (Å²) in [7, 11) is 0. The lowest BCUT2D eigenvalue weighted by Crippen LogP contribution is -2.36. The Morgan fingerprint density at radius 1 is 1.31 bits per heavy atom. The summed E-state index contributed by atoms with van der Waals surface area (Å²) in [4.78, 5) is 34.9. The molecule has 1 aliphatic rings. The molecule has 2 rings (SSSR count). The van der Waals surface area contributed by atoms with Crippen LogP contribution < -0.4 is 10.6 Å². The van der Waals surface area contributed by atoms with Crippen molar-refractivity contribution in [2.45, 2.75) is 65.5 Å². The normalized spacial score (nSPS) is 16.4. The molecule has 0 aromatic carbocycles. The molecule has 2 N–H and O–H groups in total. The van der Waals surface area contributed by atoms with Gasteiger partial charge in [-0.05, 0) is 40.5 Å². The summed E-state index contributed by atoms with van der Waals surface area (Å²) >= 11 is 0. The third kappa shape index (κ3) is 7.07. The first-order chi connectivity index (χ1) is 13.7. The highest BCUT2D eigenvalue weighted by Crippen LogP contribution is 2.21. The summed E-state index contributed by atoms with van der Waals surface area (Å²) in [5, 5.41) is 6.45. The monoisotopic (exact) mass is 407 g/mol. The van der Waals surface area contributed by atoms with Crippen LogP contribution in [0.3, 0.4) is 0 Å². The molecule has 0 bridgehead atoms. The summed E-state index contributed by atoms with van der Waals surface area (Å²) < 4.78 is 10.6. The number of nitrogens with zero attached hydrogens (tertiary/aromatic N) is 3. The van der Waals surface area contributed by atoms with E-state index in [1.807, 2.05) is 20.8 Å². The maximum absolute atomic E-state index is 12.3. The molecule has 1 aliphatic heterocycles. The summed E-state index contributed by atoms with van der Waals surface area (Å²) in [5.74, 6) is 0.390. The maximum atomic E-state index is 12.3. The van der Waals surface area contributed by atoms with E-state index in [0.29, 0.717) is 24.9 Å². The average Bonchev–Trinajstić information content (AvgIpc) is 3.10. The lowest BCUT2D eigenvalue weighted by Gasteiger charge is -2.24. The lowest BCUT2D eigenvalue weighted by molar-refractivity contribution is 0.0293. The zero-order valence-electron chi connectivity index (χ0n) is 18.1. The molecule has 162 valence electrons. The van der Waals surface area contributed by atoms with Crippen molar-refractivity contribution in [2.24, 2.45) is 0 Å². The van der Waals surface area contributed by atoms with Crippen molar-refractivity contribution in [1.29, 1.82) is 0 Å². The first-order valence-corrected chi connectivity index (χ1v) is 10.3. The van der Waals surface area contributed by atoms with Crippen LogP contribution in [0.25, 0.3) is 0 Å². The number of anilines is 2. The molecule has 9 heteroatoms. The number of rotatable bonds is 8. The summed E-state index contributed by atoms with van der Waals surface area (Å²) in [6, 6.07) is -0.0471. The van der Waals surface area contributed by atoms with Crippen molar-refractivity contribution in [1.82, 2.24) is 14.9 Å². The third-order valence-corrected chi connectivity index (χ3v) is 4.28. The van der Waals surface area contributed by atoms with E-state index in [4.69, 9.17) is 9.47 Å². The van der Waals surface area contributed by atoms with E-state index in [0.717, 1.165) is 25.8 Å². The van der Waals surface area contributed by atoms with Gasteiger partial charge in [0.2, 0.25) is 5.95 Å². The fourth-order valence-electron chi connectivity index (χ4n) is 2.88. The van der Waals surface area contributed by atoms with Gasteiger partial charge in [-0.25, -0.2) is 14.6 Å². The Morgan fingerprint density at radius 3 is 2.72 bits per heavy atom. The fourth-order valence-corrected chi connectivity index (χ4v) is 2.88. The second-order valence-corrected chi connectivity index (χ2v) is 8.01. The first kappa shape index (κ1) is 22.7. The fraction of sp³-hybridized carbons (Fsp3) is 0.700. The van der Waals surface area contributed by atoms with Crippen LogP contribution in [0.4, 0.5) is 16.6 Å². The van der Waals surface area contributed by atoms with Gasteiger partial charge < -0.3 is 25.0 Å². The molecule has 1 amide bonds. The molecule has 29 heavy (non-hydrogen) atoms. The predicted octanol–water partition coefficient (Wildman–Crippen LogP) is 3.29. The number of likely N-dealkylation sites (tertiary alicyclic amines) is 1. The van der Waals surface area contributed by atoms with Crippen molar-refractivity contribution >= 4 is 23.8 Å². The molecule has 0 radical (unpaired) electrons. The van der Waals surface area contributed by atoms with Gasteiger partial charge in [0.05, 0.1) is 6.61 Å². The van der Waals surface area contributed by atoms with E-state index in [-0.39, 0.29) is 24.3 Å². The second-order valence-electron chi connectivity index (χ2n) is 8.01. The Labute approximate surface area is 172 Å². The van der Waals surface area contributed by atoms with Crippen molar-refractivity contribution in [3.63, 3.8) is 0 Å². The Balaban J connectivity index is 2.09. The zero-order valence-corrected chi connectivity index (χ0v) is 18.1. The molecule has 0 unspecified atom stereocenters. The highest BCUT2D eigenvalue weighted by molar-refractivity contribution is 5.94. The molecule has 0 aliphatic carbocycles. The van der Waals surface area contributed by atoms with Crippen molar-refractivity contribution in [3.05, 3.63) is 11.8 Å². The van der Waals surface area contributed by atoms with E-state index in [1.165, 1.54) is 6.20 Å². The Hall–Kier alpha value is -2.58. The van der Waals surface area contributed by atoms with E-state index in [1.54, 1.807) is 11.8 Å². The van der Waals surface area contributed by atoms with E-state index in [2.05, 4.69) is 27.5 Å². The molecule has 2 heterocycles. The van der Waals surface area contributed by atoms with Crippen LogP contribution >= 0.6 is 0 Å². The smallest absolute Gasteiger partial charge is 0.410 e. The number of hydrogen-bond donors (Lipinski definition) is 2. The number of unbranched alkanes of at least 4 members (excludes halogenated alkanes) is 1. The quantitative estimate of drug-likeness (QED) is 0.499. The van der Waals surface area contributed by atoms with Crippen molar-refractivity contribution in [3.8, 4) is 0 Å². The predicted molar refractivity (Wildman–Crippen MR) is 111 cm³/mol.